The molecule has 0 fully saturated rings. The molecule has 0 aliphatic carbocycles. The fraction of sp³-hybridized carbons (Fsp3) is 0. The van der Waals surface area contributed by atoms with Crippen molar-refractivity contribution in [3.8, 4) is 5.75 Å². The maximum atomic E-state index is 10.8. The number of benzene rings is 1. The number of hydrogen-bond donors (Lipinski definition) is 2. The van der Waals surface area contributed by atoms with Crippen LogP contribution in [0.15, 0.2) is 30.5 Å². The maximum absolute atomic E-state index is 10.8. The van der Waals surface area contributed by atoms with Gasteiger partial charge in [0, 0.05) is 17.6 Å². The molecular weight excluding hydrogens is 182 g/mol. The number of carbonyl (C=O) groups is 1. The molecule has 2 rings (SSSR count). The van der Waals surface area contributed by atoms with E-state index in [0.717, 1.165) is 0 Å². The topological polar surface area (TPSA) is 70.4 Å². The number of carboxylic acid groups (broad SMARTS) is 1. The smallest absolute Gasteiger partial charge is 0.336 e. The quantitative estimate of drug-likeness (QED) is 0.715. The van der Waals surface area contributed by atoms with Gasteiger partial charge in [0.1, 0.15) is 5.75 Å². The molecule has 2 aromatic rings. The van der Waals surface area contributed by atoms with Crippen LogP contribution in [0.4, 0.5) is 0 Å². The Hall–Kier alpha value is -2.10. The van der Waals surface area contributed by atoms with E-state index in [4.69, 9.17) is 5.11 Å². The second kappa shape index (κ2) is 2.99. The number of fused-ring (bicyclic) bond motifs is 1. The van der Waals surface area contributed by atoms with Gasteiger partial charge in [-0.1, -0.05) is 0 Å². The average Bonchev–Trinajstić information content (AvgIpc) is 2.16. The van der Waals surface area contributed by atoms with Crippen LogP contribution >= 0.6 is 0 Å². The molecule has 14 heavy (non-hydrogen) atoms. The first-order valence-corrected chi connectivity index (χ1v) is 3.99. The zero-order chi connectivity index (χ0) is 10.1. The summed E-state index contributed by atoms with van der Waals surface area (Å²) in [5, 5.41) is 18.6. The SMILES string of the molecule is O=C(O)c1ccnc2cc(O)ccc12. The summed E-state index contributed by atoms with van der Waals surface area (Å²) in [6.07, 6.45) is 1.41. The highest BCUT2D eigenvalue weighted by atomic mass is 16.4. The van der Waals surface area contributed by atoms with Crippen LogP contribution in [0.5, 0.6) is 5.75 Å². The van der Waals surface area contributed by atoms with Crippen molar-refractivity contribution in [2.45, 2.75) is 0 Å². The van der Waals surface area contributed by atoms with E-state index in [9.17, 15) is 9.90 Å². The number of aromatic hydroxyl groups is 1. The van der Waals surface area contributed by atoms with Crippen LogP contribution in [0, 0.1) is 0 Å². The predicted molar refractivity (Wildman–Crippen MR) is 50.4 cm³/mol. The van der Waals surface area contributed by atoms with Gasteiger partial charge in [0.25, 0.3) is 0 Å². The molecule has 0 saturated carbocycles. The van der Waals surface area contributed by atoms with E-state index in [2.05, 4.69) is 4.98 Å². The van der Waals surface area contributed by atoms with Crippen molar-refractivity contribution >= 4 is 16.9 Å². The van der Waals surface area contributed by atoms with Crippen LogP contribution in [0.1, 0.15) is 10.4 Å². The summed E-state index contributed by atoms with van der Waals surface area (Å²) in [4.78, 5) is 14.8. The maximum Gasteiger partial charge on any atom is 0.336 e. The van der Waals surface area contributed by atoms with Crippen LogP contribution in [0.2, 0.25) is 0 Å². The lowest BCUT2D eigenvalue weighted by atomic mass is 10.1. The van der Waals surface area contributed by atoms with E-state index in [1.807, 2.05) is 0 Å². The number of aromatic nitrogens is 1. The van der Waals surface area contributed by atoms with Gasteiger partial charge in [-0.05, 0) is 18.2 Å². The van der Waals surface area contributed by atoms with Crippen molar-refractivity contribution in [2.75, 3.05) is 0 Å². The highest BCUT2D eigenvalue weighted by molar-refractivity contribution is 6.02. The molecule has 0 unspecified atom stereocenters. The monoisotopic (exact) mass is 189 g/mol. The molecular formula is C10H7NO3. The van der Waals surface area contributed by atoms with E-state index in [1.165, 1.54) is 24.4 Å². The number of rotatable bonds is 1. The summed E-state index contributed by atoms with van der Waals surface area (Å²) in [6.45, 7) is 0. The molecule has 0 atom stereocenters. The largest absolute Gasteiger partial charge is 0.508 e. The van der Waals surface area contributed by atoms with Gasteiger partial charge in [0.15, 0.2) is 0 Å². The summed E-state index contributed by atoms with van der Waals surface area (Å²) >= 11 is 0. The van der Waals surface area contributed by atoms with Gasteiger partial charge < -0.3 is 10.2 Å². The fourth-order valence-electron chi connectivity index (χ4n) is 1.32. The second-order valence-corrected chi connectivity index (χ2v) is 2.87. The lowest BCUT2D eigenvalue weighted by molar-refractivity contribution is 0.0699. The van der Waals surface area contributed by atoms with Gasteiger partial charge in [-0.25, -0.2) is 4.79 Å². The van der Waals surface area contributed by atoms with Crippen LogP contribution < -0.4 is 0 Å². The normalized spacial score (nSPS) is 10.3. The second-order valence-electron chi connectivity index (χ2n) is 2.87. The third kappa shape index (κ3) is 1.26. The first-order chi connectivity index (χ1) is 6.68. The molecule has 0 saturated heterocycles. The van der Waals surface area contributed by atoms with E-state index in [-0.39, 0.29) is 11.3 Å². The van der Waals surface area contributed by atoms with Gasteiger partial charge in [-0.2, -0.15) is 0 Å². The Balaban J connectivity index is 2.81. The number of phenolic OH excluding ortho intramolecular Hbond substituents is 1. The van der Waals surface area contributed by atoms with E-state index >= 15 is 0 Å². The first-order valence-electron chi connectivity index (χ1n) is 3.99. The zero-order valence-electron chi connectivity index (χ0n) is 7.14. The Kier molecular flexibility index (Phi) is 1.81. The minimum absolute atomic E-state index is 0.0764. The molecule has 70 valence electrons. The van der Waals surface area contributed by atoms with Gasteiger partial charge in [0.05, 0.1) is 11.1 Å². The Bertz CT molecular complexity index is 508. The first kappa shape index (κ1) is 8.50. The Morgan fingerprint density at radius 2 is 2.07 bits per heavy atom. The van der Waals surface area contributed by atoms with E-state index < -0.39 is 5.97 Å². The van der Waals surface area contributed by atoms with Crippen LogP contribution in [0.3, 0.4) is 0 Å². The molecule has 0 aliphatic heterocycles. The average molecular weight is 189 g/mol. The van der Waals surface area contributed by atoms with Crippen molar-refractivity contribution in [1.29, 1.82) is 0 Å². The van der Waals surface area contributed by atoms with Crippen molar-refractivity contribution in [3.63, 3.8) is 0 Å². The Morgan fingerprint density at radius 3 is 2.79 bits per heavy atom. The number of carboxylic acids is 1. The third-order valence-corrected chi connectivity index (χ3v) is 1.96. The van der Waals surface area contributed by atoms with Crippen LogP contribution in [-0.4, -0.2) is 21.2 Å². The van der Waals surface area contributed by atoms with Crippen molar-refractivity contribution < 1.29 is 15.0 Å². The Labute approximate surface area is 79.4 Å². The lowest BCUT2D eigenvalue weighted by Crippen LogP contribution is -1.97. The van der Waals surface area contributed by atoms with Gasteiger partial charge in [0.2, 0.25) is 0 Å². The lowest BCUT2D eigenvalue weighted by Gasteiger charge is -2.01. The fourth-order valence-corrected chi connectivity index (χ4v) is 1.32. The molecule has 0 bridgehead atoms. The number of pyridine rings is 1. The minimum Gasteiger partial charge on any atom is -0.508 e. The van der Waals surface area contributed by atoms with Crippen molar-refractivity contribution in [1.82, 2.24) is 4.98 Å². The number of phenols is 1. The highest BCUT2D eigenvalue weighted by Crippen LogP contribution is 2.20. The molecule has 1 aromatic carbocycles. The molecule has 0 spiro atoms. The summed E-state index contributed by atoms with van der Waals surface area (Å²) in [6, 6.07) is 5.85. The predicted octanol–water partition coefficient (Wildman–Crippen LogP) is 1.64. The van der Waals surface area contributed by atoms with Gasteiger partial charge >= 0.3 is 5.97 Å². The standard InChI is InChI=1S/C10H7NO3/c12-6-1-2-7-8(10(13)14)3-4-11-9(7)5-6/h1-5,12H,(H,13,14). The molecule has 1 heterocycles. The summed E-state index contributed by atoms with van der Waals surface area (Å²) in [7, 11) is 0. The van der Waals surface area contributed by atoms with Crippen LogP contribution in [0.25, 0.3) is 10.9 Å². The molecule has 4 nitrogen and oxygen atoms in total. The molecule has 0 amide bonds. The Morgan fingerprint density at radius 1 is 1.29 bits per heavy atom. The van der Waals surface area contributed by atoms with Gasteiger partial charge in [-0.15, -0.1) is 0 Å². The summed E-state index contributed by atoms with van der Waals surface area (Å²) in [5.74, 6) is -0.921. The molecule has 2 N–H and O–H groups in total. The zero-order valence-corrected chi connectivity index (χ0v) is 7.14. The number of aromatic carboxylic acids is 1. The molecule has 0 aliphatic rings. The van der Waals surface area contributed by atoms with Crippen molar-refractivity contribution in [3.05, 3.63) is 36.0 Å². The summed E-state index contributed by atoms with van der Waals surface area (Å²) < 4.78 is 0. The molecule has 1 aromatic heterocycles. The van der Waals surface area contributed by atoms with E-state index in [0.29, 0.717) is 10.9 Å². The van der Waals surface area contributed by atoms with E-state index in [1.54, 1.807) is 6.07 Å². The number of nitrogens with zero attached hydrogens (tertiary/aromatic N) is 1. The molecule has 0 radical (unpaired) electrons. The molecule has 4 heteroatoms. The summed E-state index contributed by atoms with van der Waals surface area (Å²) in [5.41, 5.74) is 0.667. The van der Waals surface area contributed by atoms with Gasteiger partial charge in [-0.3, -0.25) is 4.98 Å². The third-order valence-electron chi connectivity index (χ3n) is 1.96. The highest BCUT2D eigenvalue weighted by Gasteiger charge is 2.08. The van der Waals surface area contributed by atoms with Crippen LogP contribution in [-0.2, 0) is 0 Å². The van der Waals surface area contributed by atoms with Crippen molar-refractivity contribution in [2.24, 2.45) is 0 Å². The minimum atomic E-state index is -0.997. The number of hydrogen-bond acceptors (Lipinski definition) is 3.